The minimum absolute atomic E-state index is 1.01. The van der Waals surface area contributed by atoms with Gasteiger partial charge in [0.25, 0.3) is 0 Å². The summed E-state index contributed by atoms with van der Waals surface area (Å²) in [5, 5.41) is 0. The number of benzene rings is 2. The van der Waals surface area contributed by atoms with Gasteiger partial charge in [0, 0.05) is 17.4 Å². The van der Waals surface area contributed by atoms with E-state index in [2.05, 4.69) is 66.2 Å². The minimum Gasteiger partial charge on any atom is -0.300 e. The molecule has 2 aromatic carbocycles. The SMILES string of the molecule is CCCc1cn(-c2ccccc2)c(-c2ccccc2)n1. The van der Waals surface area contributed by atoms with Crippen molar-refractivity contribution in [2.24, 2.45) is 0 Å². The monoisotopic (exact) mass is 262 g/mol. The van der Waals surface area contributed by atoms with Crippen LogP contribution in [0, 0.1) is 0 Å². The molecule has 2 nitrogen and oxygen atoms in total. The number of aryl methyl sites for hydroxylation is 1. The highest BCUT2D eigenvalue weighted by atomic mass is 15.1. The van der Waals surface area contributed by atoms with E-state index in [1.807, 2.05) is 12.1 Å². The van der Waals surface area contributed by atoms with Crippen molar-refractivity contribution in [2.45, 2.75) is 19.8 Å². The number of aromatic nitrogens is 2. The van der Waals surface area contributed by atoms with E-state index in [0.717, 1.165) is 35.6 Å². The van der Waals surface area contributed by atoms with Gasteiger partial charge in [0.2, 0.25) is 0 Å². The molecule has 0 fully saturated rings. The molecule has 0 amide bonds. The van der Waals surface area contributed by atoms with E-state index in [0.29, 0.717) is 0 Å². The van der Waals surface area contributed by atoms with Crippen LogP contribution in [0.5, 0.6) is 0 Å². The van der Waals surface area contributed by atoms with Crippen molar-refractivity contribution in [1.29, 1.82) is 0 Å². The zero-order valence-corrected chi connectivity index (χ0v) is 11.7. The van der Waals surface area contributed by atoms with Crippen molar-refractivity contribution in [2.75, 3.05) is 0 Å². The Hall–Kier alpha value is -2.35. The Morgan fingerprint density at radius 3 is 2.20 bits per heavy atom. The summed E-state index contributed by atoms with van der Waals surface area (Å²) in [6.07, 6.45) is 4.28. The van der Waals surface area contributed by atoms with E-state index in [1.165, 1.54) is 0 Å². The molecule has 20 heavy (non-hydrogen) atoms. The van der Waals surface area contributed by atoms with Crippen molar-refractivity contribution in [3.63, 3.8) is 0 Å². The van der Waals surface area contributed by atoms with Crippen LogP contribution < -0.4 is 0 Å². The Morgan fingerprint density at radius 1 is 0.900 bits per heavy atom. The van der Waals surface area contributed by atoms with Crippen molar-refractivity contribution in [1.82, 2.24) is 9.55 Å². The molecule has 0 saturated heterocycles. The van der Waals surface area contributed by atoms with E-state index in [-0.39, 0.29) is 0 Å². The lowest BCUT2D eigenvalue weighted by Crippen LogP contribution is -1.95. The molecule has 0 bridgehead atoms. The zero-order valence-electron chi connectivity index (χ0n) is 11.7. The summed E-state index contributed by atoms with van der Waals surface area (Å²) in [7, 11) is 0. The predicted molar refractivity (Wildman–Crippen MR) is 83.0 cm³/mol. The topological polar surface area (TPSA) is 17.8 Å². The summed E-state index contributed by atoms with van der Waals surface area (Å²) in [5.41, 5.74) is 3.45. The lowest BCUT2D eigenvalue weighted by Gasteiger charge is -2.07. The molecule has 3 aromatic rings. The fraction of sp³-hybridized carbons (Fsp3) is 0.167. The Morgan fingerprint density at radius 2 is 1.55 bits per heavy atom. The number of hydrogen-bond donors (Lipinski definition) is 0. The van der Waals surface area contributed by atoms with Crippen LogP contribution >= 0.6 is 0 Å². The molecule has 0 N–H and O–H groups in total. The van der Waals surface area contributed by atoms with Gasteiger partial charge in [-0.05, 0) is 18.6 Å². The van der Waals surface area contributed by atoms with Gasteiger partial charge >= 0.3 is 0 Å². The largest absolute Gasteiger partial charge is 0.300 e. The smallest absolute Gasteiger partial charge is 0.144 e. The Kier molecular flexibility index (Phi) is 3.64. The zero-order chi connectivity index (χ0) is 13.8. The molecule has 2 heteroatoms. The minimum atomic E-state index is 1.01. The van der Waals surface area contributed by atoms with Gasteiger partial charge < -0.3 is 0 Å². The highest BCUT2D eigenvalue weighted by Gasteiger charge is 2.10. The Balaban J connectivity index is 2.13. The van der Waals surface area contributed by atoms with Gasteiger partial charge in [-0.15, -0.1) is 0 Å². The van der Waals surface area contributed by atoms with E-state index < -0.39 is 0 Å². The summed E-state index contributed by atoms with van der Waals surface area (Å²) >= 11 is 0. The lowest BCUT2D eigenvalue weighted by atomic mass is 10.2. The Labute approximate surface area is 119 Å². The first-order valence-electron chi connectivity index (χ1n) is 7.07. The number of nitrogens with zero attached hydrogens (tertiary/aromatic N) is 2. The molecule has 100 valence electrons. The molecule has 0 unspecified atom stereocenters. The first-order chi connectivity index (χ1) is 9.88. The first-order valence-corrected chi connectivity index (χ1v) is 7.07. The van der Waals surface area contributed by atoms with E-state index in [4.69, 9.17) is 4.98 Å². The van der Waals surface area contributed by atoms with Crippen molar-refractivity contribution < 1.29 is 0 Å². The Bertz CT molecular complexity index is 612. The van der Waals surface area contributed by atoms with Crippen LogP contribution in [-0.2, 0) is 6.42 Å². The number of hydrogen-bond acceptors (Lipinski definition) is 1. The first kappa shape index (κ1) is 12.7. The fourth-order valence-corrected chi connectivity index (χ4v) is 2.38. The van der Waals surface area contributed by atoms with Crippen LogP contribution in [0.2, 0.25) is 0 Å². The van der Waals surface area contributed by atoms with Gasteiger partial charge in [0.1, 0.15) is 5.82 Å². The van der Waals surface area contributed by atoms with Crippen molar-refractivity contribution in [3.8, 4) is 17.1 Å². The molecule has 0 aliphatic rings. The molecule has 0 spiro atoms. The molecule has 0 atom stereocenters. The average molecular weight is 262 g/mol. The van der Waals surface area contributed by atoms with E-state index in [1.54, 1.807) is 0 Å². The van der Waals surface area contributed by atoms with Gasteiger partial charge in [-0.3, -0.25) is 4.57 Å². The molecule has 0 aliphatic carbocycles. The van der Waals surface area contributed by atoms with Crippen LogP contribution in [0.25, 0.3) is 17.1 Å². The summed E-state index contributed by atoms with van der Waals surface area (Å²) in [4.78, 5) is 4.81. The van der Waals surface area contributed by atoms with Gasteiger partial charge in [-0.2, -0.15) is 0 Å². The maximum Gasteiger partial charge on any atom is 0.144 e. The highest BCUT2D eigenvalue weighted by Crippen LogP contribution is 2.23. The second-order valence-corrected chi connectivity index (χ2v) is 4.88. The average Bonchev–Trinajstić information content (AvgIpc) is 2.93. The quantitative estimate of drug-likeness (QED) is 0.677. The molecular formula is C18H18N2. The summed E-state index contributed by atoms with van der Waals surface area (Å²) < 4.78 is 2.18. The summed E-state index contributed by atoms with van der Waals surface area (Å²) in [6.45, 7) is 2.18. The number of para-hydroxylation sites is 1. The van der Waals surface area contributed by atoms with Crippen molar-refractivity contribution >= 4 is 0 Å². The molecule has 3 rings (SSSR count). The molecule has 0 saturated carbocycles. The summed E-state index contributed by atoms with van der Waals surface area (Å²) in [6, 6.07) is 20.7. The fourth-order valence-electron chi connectivity index (χ4n) is 2.38. The second-order valence-electron chi connectivity index (χ2n) is 4.88. The van der Waals surface area contributed by atoms with E-state index >= 15 is 0 Å². The molecule has 0 radical (unpaired) electrons. The molecule has 1 heterocycles. The third-order valence-corrected chi connectivity index (χ3v) is 3.33. The molecular weight excluding hydrogens is 244 g/mol. The lowest BCUT2D eigenvalue weighted by molar-refractivity contribution is 0.892. The van der Waals surface area contributed by atoms with Gasteiger partial charge in [0.15, 0.2) is 0 Å². The van der Waals surface area contributed by atoms with Crippen LogP contribution in [-0.4, -0.2) is 9.55 Å². The number of rotatable bonds is 4. The van der Waals surface area contributed by atoms with Gasteiger partial charge in [-0.25, -0.2) is 4.98 Å². The summed E-state index contributed by atoms with van der Waals surface area (Å²) in [5.74, 6) is 1.01. The molecule has 1 aromatic heterocycles. The maximum absolute atomic E-state index is 4.81. The normalized spacial score (nSPS) is 10.7. The van der Waals surface area contributed by atoms with Crippen molar-refractivity contribution in [3.05, 3.63) is 72.6 Å². The van der Waals surface area contributed by atoms with Crippen LogP contribution in [0.15, 0.2) is 66.9 Å². The third-order valence-electron chi connectivity index (χ3n) is 3.33. The highest BCUT2D eigenvalue weighted by molar-refractivity contribution is 5.59. The van der Waals surface area contributed by atoms with Crippen LogP contribution in [0.1, 0.15) is 19.0 Å². The second kappa shape index (κ2) is 5.74. The van der Waals surface area contributed by atoms with Crippen LogP contribution in [0.4, 0.5) is 0 Å². The standard InChI is InChI=1S/C18H18N2/c1-2-9-16-14-20(17-12-7-4-8-13-17)18(19-16)15-10-5-3-6-11-15/h3-8,10-14H,2,9H2,1H3. The van der Waals surface area contributed by atoms with Gasteiger partial charge in [-0.1, -0.05) is 61.9 Å². The number of imidazole rings is 1. The molecule has 0 aliphatic heterocycles. The third kappa shape index (κ3) is 2.50. The van der Waals surface area contributed by atoms with E-state index in [9.17, 15) is 0 Å². The predicted octanol–water partition coefficient (Wildman–Crippen LogP) is 4.49. The maximum atomic E-state index is 4.81. The van der Waals surface area contributed by atoms with Crippen LogP contribution in [0.3, 0.4) is 0 Å². The van der Waals surface area contributed by atoms with Gasteiger partial charge in [0.05, 0.1) is 5.69 Å².